The summed E-state index contributed by atoms with van der Waals surface area (Å²) in [7, 11) is 0. The Hall–Kier alpha value is -3.81. The number of hydrogen-bond donors (Lipinski definition) is 3. The highest BCUT2D eigenvalue weighted by molar-refractivity contribution is 5.94. The van der Waals surface area contributed by atoms with Crippen molar-refractivity contribution in [2.24, 2.45) is 17.8 Å². The Labute approximate surface area is 225 Å². The molecule has 8 heteroatoms. The average molecular weight is 531 g/mol. The number of nitrogens with one attached hydrogen (secondary N) is 2. The Morgan fingerprint density at radius 3 is 2.36 bits per heavy atom. The molecule has 2 atom stereocenters. The molecule has 2 aromatic carbocycles. The Morgan fingerprint density at radius 2 is 1.69 bits per heavy atom. The molecule has 2 heterocycles. The van der Waals surface area contributed by atoms with Crippen LogP contribution in [0.15, 0.2) is 48.7 Å². The van der Waals surface area contributed by atoms with Gasteiger partial charge in [-0.15, -0.1) is 0 Å². The number of aliphatic carboxylic acids is 1. The van der Waals surface area contributed by atoms with Crippen LogP contribution >= 0.6 is 0 Å². The van der Waals surface area contributed by atoms with Gasteiger partial charge in [-0.05, 0) is 54.6 Å². The lowest BCUT2D eigenvalue weighted by Crippen LogP contribution is -2.51. The van der Waals surface area contributed by atoms with Gasteiger partial charge in [0, 0.05) is 40.9 Å². The van der Waals surface area contributed by atoms with E-state index in [2.05, 4.69) is 43.2 Å². The summed E-state index contributed by atoms with van der Waals surface area (Å²) >= 11 is 0. The minimum Gasteiger partial charge on any atom is -0.481 e. The van der Waals surface area contributed by atoms with Crippen LogP contribution in [0.4, 0.5) is 14.6 Å². The quantitative estimate of drug-likeness (QED) is 0.254. The highest BCUT2D eigenvalue weighted by Gasteiger charge is 2.47. The number of halogens is 2. The van der Waals surface area contributed by atoms with Crippen molar-refractivity contribution in [3.63, 3.8) is 0 Å². The third kappa shape index (κ3) is 4.66. The highest BCUT2D eigenvalue weighted by Crippen LogP contribution is 2.46. The van der Waals surface area contributed by atoms with Gasteiger partial charge in [0.05, 0.1) is 17.1 Å². The van der Waals surface area contributed by atoms with Crippen LogP contribution in [-0.2, 0) is 10.2 Å². The van der Waals surface area contributed by atoms with Crippen LogP contribution in [0, 0.1) is 29.4 Å². The first-order chi connectivity index (χ1) is 18.6. The van der Waals surface area contributed by atoms with E-state index in [1.807, 2.05) is 18.2 Å². The number of carboxylic acid groups (broad SMARTS) is 1. The standard InChI is InChI=1S/C31H32F2N4O2/c1-31(2,3)19-10-8-16(9-11-19)24-14-25(36-27-18-6-4-17(5-7-18)26(27)30(38)39)37-29(35-24)22-15-34-28-21(22)12-20(32)13-23(28)33/h8-15,17-18,26-27,34H,4-7H2,1-3H3,(H,38,39)(H,35,36,37)/t17?,18?,26-,27-/m1/s1. The van der Waals surface area contributed by atoms with Crippen molar-refractivity contribution < 1.29 is 18.7 Å². The largest absolute Gasteiger partial charge is 0.481 e. The molecule has 0 saturated heterocycles. The van der Waals surface area contributed by atoms with Crippen LogP contribution in [0.25, 0.3) is 33.5 Å². The third-order valence-corrected chi connectivity index (χ3v) is 8.54. The number of aromatic amines is 1. The zero-order chi connectivity index (χ0) is 27.5. The molecule has 3 aliphatic rings. The highest BCUT2D eigenvalue weighted by atomic mass is 19.1. The monoisotopic (exact) mass is 530 g/mol. The number of fused-ring (bicyclic) bond motifs is 4. The summed E-state index contributed by atoms with van der Waals surface area (Å²) in [5, 5.41) is 13.9. The second kappa shape index (κ2) is 9.43. The number of anilines is 1. The van der Waals surface area contributed by atoms with E-state index in [1.54, 1.807) is 6.20 Å². The summed E-state index contributed by atoms with van der Waals surface area (Å²) in [5.74, 6) is -1.43. The molecule has 0 unspecified atom stereocenters. The number of rotatable bonds is 5. The Kier molecular flexibility index (Phi) is 6.16. The molecular formula is C31H32F2N4O2. The smallest absolute Gasteiger partial charge is 0.308 e. The molecular weight excluding hydrogens is 498 g/mol. The second-order valence-electron chi connectivity index (χ2n) is 12.0. The van der Waals surface area contributed by atoms with Gasteiger partial charge in [-0.25, -0.2) is 18.7 Å². The first-order valence-electron chi connectivity index (χ1n) is 13.5. The molecule has 2 bridgehead atoms. The number of carboxylic acids is 1. The number of benzene rings is 2. The van der Waals surface area contributed by atoms with Crippen molar-refractivity contribution >= 4 is 22.7 Å². The fraction of sp³-hybridized carbons (Fsp3) is 0.387. The molecule has 3 aliphatic carbocycles. The van der Waals surface area contributed by atoms with E-state index in [9.17, 15) is 18.7 Å². The van der Waals surface area contributed by atoms with E-state index < -0.39 is 23.5 Å². The van der Waals surface area contributed by atoms with Crippen LogP contribution in [-0.4, -0.2) is 32.1 Å². The summed E-state index contributed by atoms with van der Waals surface area (Å²) in [6.45, 7) is 6.45. The van der Waals surface area contributed by atoms with Crippen molar-refractivity contribution in [1.29, 1.82) is 0 Å². The Morgan fingerprint density at radius 1 is 1.00 bits per heavy atom. The van der Waals surface area contributed by atoms with Gasteiger partial charge in [0.1, 0.15) is 17.5 Å². The third-order valence-electron chi connectivity index (χ3n) is 8.54. The zero-order valence-corrected chi connectivity index (χ0v) is 22.3. The number of hydrogen-bond acceptors (Lipinski definition) is 4. The average Bonchev–Trinajstić information content (AvgIpc) is 3.33. The van der Waals surface area contributed by atoms with Crippen LogP contribution < -0.4 is 5.32 Å². The molecule has 3 N–H and O–H groups in total. The van der Waals surface area contributed by atoms with Crippen LogP contribution in [0.3, 0.4) is 0 Å². The lowest BCUT2D eigenvalue weighted by atomic mass is 9.61. The number of H-pyrrole nitrogens is 1. The van der Waals surface area contributed by atoms with E-state index in [0.29, 0.717) is 28.3 Å². The normalized spacial score (nSPS) is 22.8. The predicted octanol–water partition coefficient (Wildman–Crippen LogP) is 7.17. The van der Waals surface area contributed by atoms with Crippen molar-refractivity contribution in [2.45, 2.75) is 57.9 Å². The Bertz CT molecular complexity index is 1550. The zero-order valence-electron chi connectivity index (χ0n) is 22.3. The molecule has 3 fully saturated rings. The summed E-state index contributed by atoms with van der Waals surface area (Å²) < 4.78 is 28.6. The van der Waals surface area contributed by atoms with E-state index in [-0.39, 0.29) is 28.8 Å². The fourth-order valence-electron chi connectivity index (χ4n) is 6.45. The van der Waals surface area contributed by atoms with E-state index >= 15 is 0 Å². The van der Waals surface area contributed by atoms with Crippen molar-refractivity contribution in [3.8, 4) is 22.6 Å². The van der Waals surface area contributed by atoms with Gasteiger partial charge in [0.15, 0.2) is 5.82 Å². The molecule has 2 aromatic heterocycles. The van der Waals surface area contributed by atoms with Gasteiger partial charge in [0.25, 0.3) is 0 Å². The first-order valence-corrected chi connectivity index (χ1v) is 13.5. The molecule has 3 saturated carbocycles. The van der Waals surface area contributed by atoms with E-state index in [0.717, 1.165) is 37.3 Å². The molecule has 0 aliphatic heterocycles. The van der Waals surface area contributed by atoms with Crippen LogP contribution in [0.5, 0.6) is 0 Å². The Balaban J connectivity index is 1.46. The number of aromatic nitrogens is 3. The van der Waals surface area contributed by atoms with E-state index in [4.69, 9.17) is 9.97 Å². The fourth-order valence-corrected chi connectivity index (χ4v) is 6.45. The predicted molar refractivity (Wildman–Crippen MR) is 147 cm³/mol. The summed E-state index contributed by atoms with van der Waals surface area (Å²) in [4.78, 5) is 24.7. The lowest BCUT2D eigenvalue weighted by molar-refractivity contribution is -0.148. The summed E-state index contributed by atoms with van der Waals surface area (Å²) in [6.07, 6.45) is 5.44. The van der Waals surface area contributed by atoms with Gasteiger partial charge in [-0.2, -0.15) is 0 Å². The van der Waals surface area contributed by atoms with Crippen molar-refractivity contribution in [1.82, 2.24) is 15.0 Å². The summed E-state index contributed by atoms with van der Waals surface area (Å²) in [6, 6.07) is 11.9. The number of nitrogens with zero attached hydrogens (tertiary/aromatic N) is 2. The molecule has 4 aromatic rings. The maximum atomic E-state index is 14.5. The SMILES string of the molecule is CC(C)(C)c1ccc(-c2cc(N[C@@H]3C4CCC(CC4)[C@H]3C(=O)O)nc(-c3c[nH]c4c(F)cc(F)cc34)n2)cc1. The second-order valence-corrected chi connectivity index (χ2v) is 12.0. The van der Waals surface area contributed by atoms with Crippen LogP contribution in [0.1, 0.15) is 52.0 Å². The van der Waals surface area contributed by atoms with Gasteiger partial charge < -0.3 is 15.4 Å². The maximum Gasteiger partial charge on any atom is 0.308 e. The molecule has 0 spiro atoms. The minimum absolute atomic E-state index is 0.00754. The van der Waals surface area contributed by atoms with Crippen molar-refractivity contribution in [2.75, 3.05) is 5.32 Å². The molecule has 0 radical (unpaired) electrons. The van der Waals surface area contributed by atoms with Gasteiger partial charge in [-0.1, -0.05) is 45.0 Å². The number of carbonyl (C=O) groups is 1. The summed E-state index contributed by atoms with van der Waals surface area (Å²) in [5.41, 5.74) is 3.34. The lowest BCUT2D eigenvalue weighted by Gasteiger charge is -2.47. The molecule has 202 valence electrons. The first kappa shape index (κ1) is 25.5. The van der Waals surface area contributed by atoms with Gasteiger partial charge in [0.2, 0.25) is 0 Å². The molecule has 7 rings (SSSR count). The molecule has 39 heavy (non-hydrogen) atoms. The van der Waals surface area contributed by atoms with Crippen molar-refractivity contribution in [3.05, 3.63) is 65.9 Å². The topological polar surface area (TPSA) is 90.9 Å². The van der Waals surface area contributed by atoms with E-state index in [1.165, 1.54) is 11.6 Å². The molecule has 6 nitrogen and oxygen atoms in total. The van der Waals surface area contributed by atoms with Gasteiger partial charge >= 0.3 is 5.97 Å². The molecule has 0 amide bonds. The van der Waals surface area contributed by atoms with Crippen LogP contribution in [0.2, 0.25) is 0 Å². The maximum absolute atomic E-state index is 14.5. The van der Waals surface area contributed by atoms with Gasteiger partial charge in [-0.3, -0.25) is 4.79 Å². The minimum atomic E-state index is -0.781.